The third-order valence-electron chi connectivity index (χ3n) is 4.96. The lowest BCUT2D eigenvalue weighted by atomic mass is 10.1. The fourth-order valence-electron chi connectivity index (χ4n) is 3.20. The molecule has 0 bridgehead atoms. The zero-order valence-corrected chi connectivity index (χ0v) is 18.4. The average Bonchev–Trinajstić information content (AvgIpc) is 2.82. The summed E-state index contributed by atoms with van der Waals surface area (Å²) < 4.78 is 37.4. The molecule has 3 rings (SSSR count). The summed E-state index contributed by atoms with van der Waals surface area (Å²) in [4.78, 5) is 26.4. The van der Waals surface area contributed by atoms with Crippen LogP contribution in [0.3, 0.4) is 0 Å². The zero-order valence-electron chi connectivity index (χ0n) is 17.6. The van der Waals surface area contributed by atoms with Gasteiger partial charge in [-0.2, -0.15) is 9.57 Å². The number of hydrogen-bond donors (Lipinski definition) is 0. The summed E-state index contributed by atoms with van der Waals surface area (Å²) in [5.74, 6) is -1.39. The topological polar surface area (TPSA) is 117 Å². The minimum atomic E-state index is -3.79. The predicted molar refractivity (Wildman–Crippen MR) is 115 cm³/mol. The van der Waals surface area contributed by atoms with Gasteiger partial charge >= 0.3 is 5.97 Å². The van der Waals surface area contributed by atoms with Gasteiger partial charge in [0.2, 0.25) is 10.0 Å². The molecule has 0 aromatic heterocycles. The fraction of sp³-hybridized carbons (Fsp3) is 0.318. The van der Waals surface area contributed by atoms with E-state index in [0.717, 1.165) is 0 Å². The van der Waals surface area contributed by atoms with Gasteiger partial charge in [-0.25, -0.2) is 13.2 Å². The lowest BCUT2D eigenvalue weighted by Crippen LogP contribution is -2.40. The Morgan fingerprint density at radius 2 is 1.84 bits per heavy atom. The van der Waals surface area contributed by atoms with E-state index in [9.17, 15) is 18.0 Å². The standard InChI is InChI=1S/C22H23N3O6S/c1-17-7-8-19(32(28,29)24-11-13-30-14-12-24)15-20(17)22(27)31-16-21(26)25(10-9-23)18-5-3-2-4-6-18/h2-8,15H,10-14,16H2,1H3. The van der Waals surface area contributed by atoms with Gasteiger partial charge in [0.25, 0.3) is 5.91 Å². The Bertz CT molecular complexity index is 1120. The Morgan fingerprint density at radius 1 is 1.16 bits per heavy atom. The second-order valence-electron chi connectivity index (χ2n) is 7.04. The first-order chi connectivity index (χ1) is 15.3. The number of aryl methyl sites for hydroxylation is 1. The maximum Gasteiger partial charge on any atom is 0.338 e. The summed E-state index contributed by atoms with van der Waals surface area (Å²) in [6, 6.07) is 14.7. The van der Waals surface area contributed by atoms with E-state index in [1.165, 1.54) is 27.4 Å². The Hall–Kier alpha value is -3.26. The molecule has 1 heterocycles. The summed E-state index contributed by atoms with van der Waals surface area (Å²) in [6.45, 7) is 1.94. The molecule has 0 aliphatic carbocycles. The molecule has 2 aromatic carbocycles. The van der Waals surface area contributed by atoms with E-state index in [0.29, 0.717) is 24.5 Å². The lowest BCUT2D eigenvalue weighted by Gasteiger charge is -2.26. The molecular formula is C22H23N3O6S. The number of hydrogen-bond acceptors (Lipinski definition) is 7. The van der Waals surface area contributed by atoms with E-state index in [4.69, 9.17) is 14.7 Å². The number of morpholine rings is 1. The lowest BCUT2D eigenvalue weighted by molar-refractivity contribution is -0.121. The molecule has 0 unspecified atom stereocenters. The van der Waals surface area contributed by atoms with Crippen LogP contribution in [0, 0.1) is 18.3 Å². The SMILES string of the molecule is Cc1ccc(S(=O)(=O)N2CCOCC2)cc1C(=O)OCC(=O)N(CC#N)c1ccccc1. The van der Waals surface area contributed by atoms with Crippen molar-refractivity contribution in [2.24, 2.45) is 0 Å². The molecule has 0 atom stereocenters. The molecule has 1 saturated heterocycles. The van der Waals surface area contributed by atoms with Crippen LogP contribution in [0.25, 0.3) is 0 Å². The van der Waals surface area contributed by atoms with Crippen LogP contribution < -0.4 is 4.90 Å². The average molecular weight is 458 g/mol. The Kier molecular flexibility index (Phi) is 7.58. The highest BCUT2D eigenvalue weighted by atomic mass is 32.2. The van der Waals surface area contributed by atoms with Crippen LogP contribution in [0.1, 0.15) is 15.9 Å². The van der Waals surface area contributed by atoms with Gasteiger partial charge in [-0.05, 0) is 36.8 Å². The van der Waals surface area contributed by atoms with E-state index in [2.05, 4.69) is 0 Å². The van der Waals surface area contributed by atoms with Crippen LogP contribution in [0.5, 0.6) is 0 Å². The summed E-state index contributed by atoms with van der Waals surface area (Å²) in [5, 5.41) is 9.03. The van der Waals surface area contributed by atoms with E-state index >= 15 is 0 Å². The van der Waals surface area contributed by atoms with E-state index in [-0.39, 0.29) is 30.1 Å². The molecule has 0 radical (unpaired) electrons. The van der Waals surface area contributed by atoms with Gasteiger partial charge in [0.1, 0.15) is 6.54 Å². The van der Waals surface area contributed by atoms with Crippen LogP contribution in [-0.4, -0.2) is 64.1 Å². The molecule has 32 heavy (non-hydrogen) atoms. The van der Waals surface area contributed by atoms with Gasteiger partial charge in [0.15, 0.2) is 6.61 Å². The highest BCUT2D eigenvalue weighted by Crippen LogP contribution is 2.21. The number of esters is 1. The van der Waals surface area contributed by atoms with E-state index in [1.54, 1.807) is 37.3 Å². The number of sulfonamides is 1. The second kappa shape index (κ2) is 10.4. The quantitative estimate of drug-likeness (QED) is 0.459. The predicted octanol–water partition coefficient (Wildman–Crippen LogP) is 1.73. The first kappa shape index (κ1) is 23.4. The monoisotopic (exact) mass is 457 g/mol. The molecule has 0 spiro atoms. The van der Waals surface area contributed by atoms with Crippen molar-refractivity contribution in [2.75, 3.05) is 44.4 Å². The van der Waals surface area contributed by atoms with Crippen LogP contribution in [0.4, 0.5) is 5.69 Å². The fourth-order valence-corrected chi connectivity index (χ4v) is 4.64. The summed E-state index contributed by atoms with van der Waals surface area (Å²) in [6.07, 6.45) is 0. The number of nitrogens with zero attached hydrogens (tertiary/aromatic N) is 3. The number of benzene rings is 2. The van der Waals surface area contributed by atoms with Crippen molar-refractivity contribution >= 4 is 27.6 Å². The van der Waals surface area contributed by atoms with Crippen LogP contribution in [-0.2, 0) is 24.3 Å². The molecule has 9 nitrogen and oxygen atoms in total. The molecule has 1 fully saturated rings. The minimum absolute atomic E-state index is 0.0290. The third-order valence-corrected chi connectivity index (χ3v) is 6.86. The Morgan fingerprint density at radius 3 is 2.50 bits per heavy atom. The summed E-state index contributed by atoms with van der Waals surface area (Å²) in [7, 11) is -3.79. The number of anilines is 1. The Balaban J connectivity index is 1.74. The molecule has 2 aromatic rings. The Labute approximate surface area is 186 Å². The van der Waals surface area contributed by atoms with Crippen LogP contribution >= 0.6 is 0 Å². The van der Waals surface area contributed by atoms with E-state index < -0.39 is 28.5 Å². The van der Waals surface area contributed by atoms with Crippen molar-refractivity contribution < 1.29 is 27.5 Å². The third kappa shape index (κ3) is 5.31. The maximum atomic E-state index is 12.9. The zero-order chi connectivity index (χ0) is 23.1. The molecule has 0 N–H and O–H groups in total. The first-order valence-electron chi connectivity index (χ1n) is 9.92. The van der Waals surface area contributed by atoms with Gasteiger partial charge in [-0.15, -0.1) is 0 Å². The number of amides is 1. The van der Waals surface area contributed by atoms with Gasteiger partial charge in [-0.3, -0.25) is 9.69 Å². The summed E-state index contributed by atoms with van der Waals surface area (Å²) in [5.41, 5.74) is 1.07. The smallest absolute Gasteiger partial charge is 0.338 e. The van der Waals surface area contributed by atoms with Crippen molar-refractivity contribution in [2.45, 2.75) is 11.8 Å². The molecule has 10 heteroatoms. The van der Waals surface area contributed by atoms with Crippen molar-refractivity contribution in [3.05, 3.63) is 59.7 Å². The van der Waals surface area contributed by atoms with Crippen LogP contribution in [0.15, 0.2) is 53.4 Å². The van der Waals surface area contributed by atoms with Gasteiger partial charge < -0.3 is 9.47 Å². The highest BCUT2D eigenvalue weighted by molar-refractivity contribution is 7.89. The van der Waals surface area contributed by atoms with E-state index in [1.807, 2.05) is 6.07 Å². The van der Waals surface area contributed by atoms with Gasteiger partial charge in [0.05, 0.1) is 29.7 Å². The molecule has 1 aliphatic heterocycles. The molecule has 168 valence electrons. The number of para-hydroxylation sites is 1. The maximum absolute atomic E-state index is 12.9. The summed E-state index contributed by atoms with van der Waals surface area (Å²) >= 11 is 0. The molecular weight excluding hydrogens is 434 g/mol. The van der Waals surface area contributed by atoms with Crippen molar-refractivity contribution in [3.63, 3.8) is 0 Å². The second-order valence-corrected chi connectivity index (χ2v) is 8.98. The number of ether oxygens (including phenoxy) is 2. The number of carbonyl (C=O) groups is 2. The highest BCUT2D eigenvalue weighted by Gasteiger charge is 2.28. The number of nitriles is 1. The van der Waals surface area contributed by atoms with Crippen molar-refractivity contribution in [1.29, 1.82) is 5.26 Å². The van der Waals surface area contributed by atoms with Crippen molar-refractivity contribution in [3.8, 4) is 6.07 Å². The molecule has 1 amide bonds. The minimum Gasteiger partial charge on any atom is -0.452 e. The largest absolute Gasteiger partial charge is 0.452 e. The molecule has 0 saturated carbocycles. The molecule has 1 aliphatic rings. The van der Waals surface area contributed by atoms with Gasteiger partial charge in [-0.1, -0.05) is 24.3 Å². The first-order valence-corrected chi connectivity index (χ1v) is 11.4. The normalized spacial score (nSPS) is 14.4. The van der Waals surface area contributed by atoms with Crippen molar-refractivity contribution in [1.82, 2.24) is 4.31 Å². The van der Waals surface area contributed by atoms with Gasteiger partial charge in [0, 0.05) is 18.8 Å². The number of rotatable bonds is 7. The number of carbonyl (C=O) groups excluding carboxylic acids is 2. The van der Waals surface area contributed by atoms with Crippen LogP contribution in [0.2, 0.25) is 0 Å².